The number of hydrogen-bond donors (Lipinski definition) is 2. The van der Waals surface area contributed by atoms with Crippen LogP contribution in [0.4, 0.5) is 0 Å². The van der Waals surface area contributed by atoms with Gasteiger partial charge in [0.05, 0.1) is 12.2 Å². The number of hydrogen-bond acceptors (Lipinski definition) is 3. The second-order valence-corrected chi connectivity index (χ2v) is 3.18. The summed E-state index contributed by atoms with van der Waals surface area (Å²) >= 11 is 0. The lowest BCUT2D eigenvalue weighted by atomic mass is 10.3. The maximum absolute atomic E-state index is 11.2. The molecule has 0 saturated carbocycles. The summed E-state index contributed by atoms with van der Waals surface area (Å²) in [6.07, 6.45) is -0.211. The van der Waals surface area contributed by atoms with Gasteiger partial charge in [-0.05, 0) is 6.42 Å². The highest BCUT2D eigenvalue weighted by Crippen LogP contribution is 2.11. The van der Waals surface area contributed by atoms with E-state index in [4.69, 9.17) is 10.2 Å². The van der Waals surface area contributed by atoms with E-state index in [1.165, 1.54) is 4.90 Å². The average Bonchev–Trinajstić information content (AvgIpc) is 2.33. The molecule has 1 aliphatic heterocycles. The van der Waals surface area contributed by atoms with E-state index in [9.17, 15) is 4.79 Å². The predicted octanol–water partition coefficient (Wildman–Crippen LogP) is -0.650. The van der Waals surface area contributed by atoms with Crippen molar-refractivity contribution in [1.29, 1.82) is 0 Å². The van der Waals surface area contributed by atoms with Gasteiger partial charge >= 0.3 is 0 Å². The number of carbonyl (C=O) groups excluding carboxylic acids is 1. The number of aliphatic hydroxyl groups excluding tert-OH is 2. The van der Waals surface area contributed by atoms with Gasteiger partial charge in [-0.25, -0.2) is 0 Å². The third-order valence-corrected chi connectivity index (χ3v) is 2.08. The molecule has 2 N–H and O–H groups in total. The van der Waals surface area contributed by atoms with Crippen LogP contribution in [0, 0.1) is 0 Å². The van der Waals surface area contributed by atoms with Crippen molar-refractivity contribution in [1.82, 2.24) is 4.90 Å². The summed E-state index contributed by atoms with van der Waals surface area (Å²) in [5, 5.41) is 18.3. The smallest absolute Gasteiger partial charge is 0.222 e. The Morgan fingerprint density at radius 2 is 1.92 bits per heavy atom. The molecule has 1 saturated heterocycles. The van der Waals surface area contributed by atoms with Gasteiger partial charge in [0.2, 0.25) is 5.91 Å². The minimum Gasteiger partial charge on any atom is -0.388 e. The number of carbonyl (C=O) groups is 1. The molecule has 4 nitrogen and oxygen atoms in total. The van der Waals surface area contributed by atoms with Gasteiger partial charge in [0.15, 0.2) is 0 Å². The Bertz CT molecular complexity index is 162. The first-order valence-corrected chi connectivity index (χ1v) is 4.29. The van der Waals surface area contributed by atoms with Crippen molar-refractivity contribution in [3.05, 3.63) is 0 Å². The Hall–Kier alpha value is -0.610. The normalized spacial score (nSPS) is 29.4. The second kappa shape index (κ2) is 3.87. The van der Waals surface area contributed by atoms with E-state index < -0.39 is 12.2 Å². The highest BCUT2D eigenvalue weighted by molar-refractivity contribution is 5.76. The summed E-state index contributed by atoms with van der Waals surface area (Å²) in [4.78, 5) is 12.8. The van der Waals surface area contributed by atoms with Crippen LogP contribution < -0.4 is 0 Å². The van der Waals surface area contributed by atoms with Crippen LogP contribution in [-0.2, 0) is 4.79 Å². The maximum atomic E-state index is 11.2. The minimum atomic E-state index is -0.759. The van der Waals surface area contributed by atoms with E-state index in [-0.39, 0.29) is 19.0 Å². The molecule has 1 aliphatic rings. The summed E-state index contributed by atoms with van der Waals surface area (Å²) < 4.78 is 0. The third kappa shape index (κ3) is 1.95. The first-order chi connectivity index (χ1) is 5.65. The molecular weight excluding hydrogens is 158 g/mol. The van der Waals surface area contributed by atoms with Gasteiger partial charge in [0.1, 0.15) is 0 Å². The summed E-state index contributed by atoms with van der Waals surface area (Å²) in [7, 11) is 0. The molecule has 0 spiro atoms. The Kier molecular flexibility index (Phi) is 3.05. The van der Waals surface area contributed by atoms with Crippen LogP contribution in [0.15, 0.2) is 0 Å². The van der Waals surface area contributed by atoms with Gasteiger partial charge in [0.25, 0.3) is 0 Å². The molecule has 1 fully saturated rings. The Morgan fingerprint density at radius 1 is 1.42 bits per heavy atom. The van der Waals surface area contributed by atoms with Crippen LogP contribution in [0.25, 0.3) is 0 Å². The van der Waals surface area contributed by atoms with Crippen molar-refractivity contribution in [3.63, 3.8) is 0 Å². The highest BCUT2D eigenvalue weighted by atomic mass is 16.3. The molecule has 0 radical (unpaired) electrons. The first kappa shape index (κ1) is 9.48. The minimum absolute atomic E-state index is 0.0214. The van der Waals surface area contributed by atoms with Crippen LogP contribution in [0.3, 0.4) is 0 Å². The van der Waals surface area contributed by atoms with E-state index in [1.807, 2.05) is 6.92 Å². The van der Waals surface area contributed by atoms with E-state index in [1.54, 1.807) is 0 Å². The molecule has 0 unspecified atom stereocenters. The molecule has 0 aromatic carbocycles. The van der Waals surface area contributed by atoms with Gasteiger partial charge < -0.3 is 15.1 Å². The molecule has 0 aliphatic carbocycles. The molecule has 0 aromatic rings. The standard InChI is InChI=1S/C8H15NO3/c1-2-3-8(12)9-4-6(10)7(11)5-9/h6-7,10-11H,2-5H2,1H3/t6-,7-/m0/s1. The van der Waals surface area contributed by atoms with Gasteiger partial charge in [-0.2, -0.15) is 0 Å². The van der Waals surface area contributed by atoms with Gasteiger partial charge in [-0.3, -0.25) is 4.79 Å². The summed E-state index contributed by atoms with van der Waals surface area (Å²) in [6, 6.07) is 0. The van der Waals surface area contributed by atoms with Crippen molar-refractivity contribution < 1.29 is 15.0 Å². The van der Waals surface area contributed by atoms with Crippen molar-refractivity contribution in [2.75, 3.05) is 13.1 Å². The monoisotopic (exact) mass is 173 g/mol. The quantitative estimate of drug-likeness (QED) is 0.583. The summed E-state index contributed by atoms with van der Waals surface area (Å²) in [6.45, 7) is 2.49. The number of likely N-dealkylation sites (tertiary alicyclic amines) is 1. The maximum Gasteiger partial charge on any atom is 0.222 e. The lowest BCUT2D eigenvalue weighted by molar-refractivity contribution is -0.130. The predicted molar refractivity (Wildman–Crippen MR) is 43.5 cm³/mol. The molecule has 12 heavy (non-hydrogen) atoms. The Balaban J connectivity index is 2.40. The van der Waals surface area contributed by atoms with Gasteiger partial charge in [0, 0.05) is 19.5 Å². The van der Waals surface area contributed by atoms with E-state index in [0.717, 1.165) is 6.42 Å². The van der Waals surface area contributed by atoms with Crippen molar-refractivity contribution in [2.45, 2.75) is 32.0 Å². The van der Waals surface area contributed by atoms with Crippen molar-refractivity contribution in [3.8, 4) is 0 Å². The summed E-state index contributed by atoms with van der Waals surface area (Å²) in [5.41, 5.74) is 0. The molecular formula is C8H15NO3. The van der Waals surface area contributed by atoms with Crippen LogP contribution in [0.2, 0.25) is 0 Å². The average molecular weight is 173 g/mol. The molecule has 1 rings (SSSR count). The van der Waals surface area contributed by atoms with Crippen molar-refractivity contribution >= 4 is 5.91 Å². The van der Waals surface area contributed by atoms with E-state index >= 15 is 0 Å². The van der Waals surface area contributed by atoms with Crippen molar-refractivity contribution in [2.24, 2.45) is 0 Å². The SMILES string of the molecule is CCCC(=O)N1C[C@H](O)[C@@H](O)C1. The molecule has 1 amide bonds. The number of nitrogens with zero attached hydrogens (tertiary/aromatic N) is 1. The number of rotatable bonds is 2. The molecule has 2 atom stereocenters. The fraction of sp³-hybridized carbons (Fsp3) is 0.875. The molecule has 0 aromatic heterocycles. The van der Waals surface area contributed by atoms with Crippen LogP contribution in [-0.4, -0.2) is 46.3 Å². The second-order valence-electron chi connectivity index (χ2n) is 3.18. The van der Waals surface area contributed by atoms with Gasteiger partial charge in [-0.1, -0.05) is 6.92 Å². The number of aliphatic hydroxyl groups is 2. The highest BCUT2D eigenvalue weighted by Gasteiger charge is 2.31. The molecule has 4 heteroatoms. The Labute approximate surface area is 71.8 Å². The number of β-amino-alcohol motifs (C(OH)–C–C–N with tert-alkyl or cyclic N) is 2. The van der Waals surface area contributed by atoms with Crippen LogP contribution >= 0.6 is 0 Å². The fourth-order valence-electron chi connectivity index (χ4n) is 1.35. The molecule has 1 heterocycles. The third-order valence-electron chi connectivity index (χ3n) is 2.08. The summed E-state index contributed by atoms with van der Waals surface area (Å²) in [5.74, 6) is 0.0214. The molecule has 0 bridgehead atoms. The largest absolute Gasteiger partial charge is 0.388 e. The topological polar surface area (TPSA) is 60.8 Å². The van der Waals surface area contributed by atoms with Crippen LogP contribution in [0.5, 0.6) is 0 Å². The zero-order chi connectivity index (χ0) is 9.14. The van der Waals surface area contributed by atoms with E-state index in [2.05, 4.69) is 0 Å². The number of amides is 1. The molecule has 70 valence electrons. The fourth-order valence-corrected chi connectivity index (χ4v) is 1.35. The van der Waals surface area contributed by atoms with Gasteiger partial charge in [-0.15, -0.1) is 0 Å². The van der Waals surface area contributed by atoms with Crippen LogP contribution in [0.1, 0.15) is 19.8 Å². The first-order valence-electron chi connectivity index (χ1n) is 4.29. The lowest BCUT2D eigenvalue weighted by Gasteiger charge is -2.14. The Morgan fingerprint density at radius 3 is 2.33 bits per heavy atom. The zero-order valence-electron chi connectivity index (χ0n) is 7.23. The lowest BCUT2D eigenvalue weighted by Crippen LogP contribution is -2.29. The van der Waals surface area contributed by atoms with E-state index in [0.29, 0.717) is 6.42 Å². The zero-order valence-corrected chi connectivity index (χ0v) is 7.23.